The van der Waals surface area contributed by atoms with Gasteiger partial charge in [-0.25, -0.2) is 0 Å². The molecule has 0 aliphatic rings. The third kappa shape index (κ3) is 5.45. The molecule has 0 saturated heterocycles. The number of benzene rings is 3. The predicted molar refractivity (Wildman–Crippen MR) is 112 cm³/mol. The number of anilines is 1. The lowest BCUT2D eigenvalue weighted by Crippen LogP contribution is -2.26. The lowest BCUT2D eigenvalue weighted by molar-refractivity contribution is -0.154. The number of nitrogens with one attached hydrogen (secondary N) is 1. The summed E-state index contributed by atoms with van der Waals surface area (Å²) < 4.78 is 10.8. The molecule has 5 heteroatoms. The highest BCUT2D eigenvalue weighted by Crippen LogP contribution is 2.23. The van der Waals surface area contributed by atoms with Crippen LogP contribution in [-0.4, -0.2) is 19.0 Å². The zero-order valence-electron chi connectivity index (χ0n) is 16.4. The first kappa shape index (κ1) is 20.1. The number of rotatable bonds is 7. The third-order valence-electron chi connectivity index (χ3n) is 4.52. The zero-order chi connectivity index (χ0) is 20.6. The Labute approximate surface area is 170 Å². The van der Waals surface area contributed by atoms with Gasteiger partial charge in [-0.05, 0) is 30.2 Å². The highest BCUT2D eigenvalue weighted by molar-refractivity contribution is 5.96. The molecule has 0 bridgehead atoms. The molecular formula is C24H23NO4. The van der Waals surface area contributed by atoms with Gasteiger partial charge in [0.1, 0.15) is 5.75 Å². The Balaban J connectivity index is 1.78. The van der Waals surface area contributed by atoms with Crippen LogP contribution in [0.15, 0.2) is 78.9 Å². The number of ether oxygens (including phenoxy) is 2. The van der Waals surface area contributed by atoms with E-state index in [-0.39, 0.29) is 6.42 Å². The maximum atomic E-state index is 12.9. The van der Waals surface area contributed by atoms with Crippen LogP contribution in [0.1, 0.15) is 22.8 Å². The van der Waals surface area contributed by atoms with E-state index in [0.717, 1.165) is 11.1 Å². The summed E-state index contributed by atoms with van der Waals surface area (Å²) >= 11 is 0. The molecule has 0 aliphatic heterocycles. The molecule has 1 atom stereocenters. The normalized spacial score (nSPS) is 11.4. The number of carbonyl (C=O) groups is 2. The van der Waals surface area contributed by atoms with Crippen molar-refractivity contribution in [1.29, 1.82) is 0 Å². The Kier molecular flexibility index (Phi) is 6.63. The summed E-state index contributed by atoms with van der Waals surface area (Å²) in [7, 11) is 1.56. The Morgan fingerprint density at radius 1 is 0.931 bits per heavy atom. The molecule has 0 fully saturated rings. The van der Waals surface area contributed by atoms with Crippen LogP contribution < -0.4 is 10.1 Å². The van der Waals surface area contributed by atoms with Gasteiger partial charge in [-0.3, -0.25) is 9.59 Å². The summed E-state index contributed by atoms with van der Waals surface area (Å²) in [6.45, 7) is 1.94. The number of aryl methyl sites for hydroxylation is 1. The maximum absolute atomic E-state index is 12.9. The van der Waals surface area contributed by atoms with Crippen molar-refractivity contribution < 1.29 is 19.1 Å². The van der Waals surface area contributed by atoms with Crippen LogP contribution in [0.25, 0.3) is 0 Å². The summed E-state index contributed by atoms with van der Waals surface area (Å²) in [5.74, 6) is -0.271. The molecule has 1 N–H and O–H groups in total. The van der Waals surface area contributed by atoms with Crippen molar-refractivity contribution >= 4 is 17.6 Å². The van der Waals surface area contributed by atoms with Crippen LogP contribution >= 0.6 is 0 Å². The van der Waals surface area contributed by atoms with Gasteiger partial charge in [0.2, 0.25) is 6.10 Å². The lowest BCUT2D eigenvalue weighted by atomic mass is 10.1. The first-order valence-electron chi connectivity index (χ1n) is 9.30. The fourth-order valence-electron chi connectivity index (χ4n) is 2.95. The SMILES string of the molecule is COc1cccc(NC(=O)C(OC(=O)Cc2ccccc2C)c2ccccc2)c1. The van der Waals surface area contributed by atoms with Crippen molar-refractivity contribution in [3.63, 3.8) is 0 Å². The summed E-state index contributed by atoms with van der Waals surface area (Å²) in [5, 5.41) is 2.80. The number of esters is 1. The van der Waals surface area contributed by atoms with E-state index in [9.17, 15) is 9.59 Å². The van der Waals surface area contributed by atoms with Crippen LogP contribution in [0.5, 0.6) is 5.75 Å². The molecule has 0 saturated carbocycles. The van der Waals surface area contributed by atoms with Crippen LogP contribution in [-0.2, 0) is 20.7 Å². The average Bonchev–Trinajstić information content (AvgIpc) is 2.74. The summed E-state index contributed by atoms with van der Waals surface area (Å²) in [4.78, 5) is 25.5. The van der Waals surface area contributed by atoms with E-state index in [1.807, 2.05) is 37.3 Å². The number of hydrogen-bond donors (Lipinski definition) is 1. The predicted octanol–water partition coefficient (Wildman–Crippen LogP) is 4.47. The van der Waals surface area contributed by atoms with Gasteiger partial charge in [-0.1, -0.05) is 60.7 Å². The van der Waals surface area contributed by atoms with Crippen molar-refractivity contribution in [1.82, 2.24) is 0 Å². The van der Waals surface area contributed by atoms with E-state index < -0.39 is 18.0 Å². The molecule has 5 nitrogen and oxygen atoms in total. The number of hydrogen-bond acceptors (Lipinski definition) is 4. The van der Waals surface area contributed by atoms with E-state index in [1.54, 1.807) is 55.6 Å². The molecular weight excluding hydrogens is 366 g/mol. The molecule has 0 spiro atoms. The summed E-state index contributed by atoms with van der Waals surface area (Å²) in [6, 6.07) is 23.6. The van der Waals surface area contributed by atoms with Gasteiger partial charge in [0.05, 0.1) is 13.5 Å². The second-order valence-corrected chi connectivity index (χ2v) is 6.61. The average molecular weight is 389 g/mol. The monoisotopic (exact) mass is 389 g/mol. The van der Waals surface area contributed by atoms with Gasteiger partial charge in [0, 0.05) is 17.3 Å². The number of methoxy groups -OCH3 is 1. The Bertz CT molecular complexity index is 985. The number of amides is 1. The van der Waals surface area contributed by atoms with Gasteiger partial charge in [0.25, 0.3) is 5.91 Å². The second kappa shape index (κ2) is 9.55. The minimum atomic E-state index is -1.06. The van der Waals surface area contributed by atoms with Crippen molar-refractivity contribution in [2.45, 2.75) is 19.4 Å². The van der Waals surface area contributed by atoms with Gasteiger partial charge in [0.15, 0.2) is 0 Å². The summed E-state index contributed by atoms with van der Waals surface area (Å²) in [6.07, 6.45) is -0.957. The quantitative estimate of drug-likeness (QED) is 0.606. The first-order valence-corrected chi connectivity index (χ1v) is 9.30. The fourth-order valence-corrected chi connectivity index (χ4v) is 2.95. The van der Waals surface area contributed by atoms with E-state index in [0.29, 0.717) is 17.0 Å². The van der Waals surface area contributed by atoms with Gasteiger partial charge < -0.3 is 14.8 Å². The maximum Gasteiger partial charge on any atom is 0.311 e. The largest absolute Gasteiger partial charge is 0.497 e. The van der Waals surface area contributed by atoms with Crippen LogP contribution in [0.2, 0.25) is 0 Å². The molecule has 0 radical (unpaired) electrons. The molecule has 1 amide bonds. The third-order valence-corrected chi connectivity index (χ3v) is 4.52. The van der Waals surface area contributed by atoms with Crippen molar-refractivity contribution in [2.75, 3.05) is 12.4 Å². The standard InChI is InChI=1S/C24H23NO4/c1-17-9-6-7-12-19(17)15-22(26)29-23(18-10-4-3-5-11-18)24(27)25-20-13-8-14-21(16-20)28-2/h3-14,16,23H,15H2,1-2H3,(H,25,27). The van der Waals surface area contributed by atoms with Crippen LogP contribution in [0, 0.1) is 6.92 Å². The summed E-state index contributed by atoms with van der Waals surface area (Å²) in [5.41, 5.74) is 3.04. The first-order chi connectivity index (χ1) is 14.1. The Hall–Kier alpha value is -3.60. The molecule has 3 rings (SSSR count). The highest BCUT2D eigenvalue weighted by atomic mass is 16.5. The van der Waals surface area contributed by atoms with Crippen LogP contribution in [0.4, 0.5) is 5.69 Å². The highest BCUT2D eigenvalue weighted by Gasteiger charge is 2.25. The zero-order valence-corrected chi connectivity index (χ0v) is 16.4. The van der Waals surface area contributed by atoms with Gasteiger partial charge in [-0.15, -0.1) is 0 Å². The fraction of sp³-hybridized carbons (Fsp3) is 0.167. The smallest absolute Gasteiger partial charge is 0.311 e. The molecule has 0 aromatic heterocycles. The van der Waals surface area contributed by atoms with E-state index in [1.165, 1.54) is 0 Å². The molecule has 3 aromatic carbocycles. The van der Waals surface area contributed by atoms with Crippen molar-refractivity contribution in [2.24, 2.45) is 0 Å². The molecule has 29 heavy (non-hydrogen) atoms. The van der Waals surface area contributed by atoms with Crippen molar-refractivity contribution in [3.05, 3.63) is 95.6 Å². The second-order valence-electron chi connectivity index (χ2n) is 6.61. The van der Waals surface area contributed by atoms with Crippen molar-refractivity contribution in [3.8, 4) is 5.75 Å². The molecule has 3 aromatic rings. The minimum absolute atomic E-state index is 0.0996. The van der Waals surface area contributed by atoms with E-state index >= 15 is 0 Å². The molecule has 148 valence electrons. The topological polar surface area (TPSA) is 64.6 Å². The number of carbonyl (C=O) groups excluding carboxylic acids is 2. The van der Waals surface area contributed by atoms with Gasteiger partial charge in [-0.2, -0.15) is 0 Å². The molecule has 0 aliphatic carbocycles. The van der Waals surface area contributed by atoms with E-state index in [4.69, 9.17) is 9.47 Å². The van der Waals surface area contributed by atoms with Crippen LogP contribution in [0.3, 0.4) is 0 Å². The minimum Gasteiger partial charge on any atom is -0.497 e. The Morgan fingerprint density at radius 2 is 1.66 bits per heavy atom. The lowest BCUT2D eigenvalue weighted by Gasteiger charge is -2.18. The Morgan fingerprint density at radius 3 is 2.38 bits per heavy atom. The van der Waals surface area contributed by atoms with Gasteiger partial charge >= 0.3 is 5.97 Å². The van der Waals surface area contributed by atoms with E-state index in [2.05, 4.69) is 5.32 Å². The molecule has 1 unspecified atom stereocenters. The molecule has 0 heterocycles.